The van der Waals surface area contributed by atoms with Gasteiger partial charge < -0.3 is 20.0 Å². The third-order valence-electron chi connectivity index (χ3n) is 1.04. The van der Waals surface area contributed by atoms with E-state index in [0.29, 0.717) is 0 Å². The first-order valence-corrected chi connectivity index (χ1v) is 4.54. The number of hydrogen-bond acceptors (Lipinski definition) is 3. The molecule has 0 aromatic rings. The first kappa shape index (κ1) is 11.0. The average Bonchev–Trinajstić information content (AvgIpc) is 1.85. The van der Waals surface area contributed by atoms with Crippen molar-refractivity contribution >= 4 is 7.60 Å². The highest BCUT2D eigenvalue weighted by Crippen LogP contribution is 2.44. The van der Waals surface area contributed by atoms with Crippen LogP contribution in [0.15, 0.2) is 0 Å². The SMILES string of the molecule is O=P(O)(O)C(F)CC(O)CO. The number of hydrogen-bond donors (Lipinski definition) is 4. The van der Waals surface area contributed by atoms with E-state index < -0.39 is 32.6 Å². The molecule has 0 radical (unpaired) electrons. The fourth-order valence-electron chi connectivity index (χ4n) is 0.436. The second kappa shape index (κ2) is 4.13. The van der Waals surface area contributed by atoms with Gasteiger partial charge in [-0.15, -0.1) is 0 Å². The van der Waals surface area contributed by atoms with Gasteiger partial charge >= 0.3 is 7.60 Å². The second-order valence-corrected chi connectivity index (χ2v) is 3.83. The molecule has 11 heavy (non-hydrogen) atoms. The van der Waals surface area contributed by atoms with Crippen LogP contribution in [-0.2, 0) is 4.57 Å². The zero-order valence-electron chi connectivity index (χ0n) is 5.59. The van der Waals surface area contributed by atoms with Crippen molar-refractivity contribution in [1.82, 2.24) is 0 Å². The van der Waals surface area contributed by atoms with Crippen molar-refractivity contribution in [3.05, 3.63) is 0 Å². The molecule has 0 aromatic heterocycles. The summed E-state index contributed by atoms with van der Waals surface area (Å²) in [5.74, 6) is -2.40. The van der Waals surface area contributed by atoms with Gasteiger partial charge in [0.1, 0.15) is 0 Å². The van der Waals surface area contributed by atoms with Gasteiger partial charge in [-0.1, -0.05) is 0 Å². The van der Waals surface area contributed by atoms with Crippen molar-refractivity contribution in [2.75, 3.05) is 6.61 Å². The standard InChI is InChI=1S/C4H10FO5P/c5-4(11(8,9)10)1-3(7)2-6/h3-4,6-7H,1-2H2,(H2,8,9,10). The molecule has 0 saturated heterocycles. The van der Waals surface area contributed by atoms with Gasteiger partial charge in [-0.2, -0.15) is 0 Å². The Morgan fingerprint density at radius 3 is 2.18 bits per heavy atom. The van der Waals surface area contributed by atoms with E-state index in [-0.39, 0.29) is 0 Å². The van der Waals surface area contributed by atoms with E-state index in [9.17, 15) is 8.96 Å². The molecule has 7 heteroatoms. The van der Waals surface area contributed by atoms with E-state index in [1.165, 1.54) is 0 Å². The Hall–Kier alpha value is -0.0000000000000000416. The predicted octanol–water partition coefficient (Wildman–Crippen LogP) is -0.797. The minimum atomic E-state index is -4.76. The largest absolute Gasteiger partial charge is 0.394 e. The van der Waals surface area contributed by atoms with Crippen molar-refractivity contribution in [3.8, 4) is 0 Å². The lowest BCUT2D eigenvalue weighted by molar-refractivity contribution is 0.0737. The van der Waals surface area contributed by atoms with Crippen LogP contribution in [0.2, 0.25) is 0 Å². The van der Waals surface area contributed by atoms with Gasteiger partial charge in [0.15, 0.2) is 0 Å². The molecule has 0 spiro atoms. The van der Waals surface area contributed by atoms with E-state index in [0.717, 1.165) is 0 Å². The Bertz CT molecular complexity index is 157. The highest BCUT2D eigenvalue weighted by atomic mass is 31.2. The number of halogens is 1. The predicted molar refractivity (Wildman–Crippen MR) is 34.6 cm³/mol. The Kier molecular flexibility index (Phi) is 4.13. The van der Waals surface area contributed by atoms with Crippen molar-refractivity contribution in [1.29, 1.82) is 0 Å². The zero-order chi connectivity index (χ0) is 9.07. The first-order chi connectivity index (χ1) is 4.88. The second-order valence-electron chi connectivity index (χ2n) is 2.10. The molecule has 0 heterocycles. The Morgan fingerprint density at radius 1 is 1.45 bits per heavy atom. The maximum absolute atomic E-state index is 12.3. The lowest BCUT2D eigenvalue weighted by Gasteiger charge is -2.12. The van der Waals surface area contributed by atoms with Crippen LogP contribution >= 0.6 is 7.60 Å². The van der Waals surface area contributed by atoms with Gasteiger partial charge in [0.25, 0.3) is 0 Å². The summed E-state index contributed by atoms with van der Waals surface area (Å²) in [6.07, 6.45) is -2.17. The summed E-state index contributed by atoms with van der Waals surface area (Å²) in [5.41, 5.74) is 0. The van der Waals surface area contributed by atoms with Crippen LogP contribution in [0, 0.1) is 0 Å². The van der Waals surface area contributed by atoms with Crippen molar-refractivity contribution in [3.63, 3.8) is 0 Å². The lowest BCUT2D eigenvalue weighted by atomic mass is 10.3. The van der Waals surface area contributed by atoms with Crippen LogP contribution in [0.3, 0.4) is 0 Å². The Morgan fingerprint density at radius 2 is 1.91 bits per heavy atom. The third kappa shape index (κ3) is 4.44. The molecule has 0 aromatic carbocycles. The van der Waals surface area contributed by atoms with Crippen molar-refractivity contribution in [2.24, 2.45) is 0 Å². The number of rotatable bonds is 4. The Labute approximate surface area is 62.6 Å². The highest BCUT2D eigenvalue weighted by molar-refractivity contribution is 7.52. The summed E-state index contributed by atoms with van der Waals surface area (Å²) in [5, 5.41) is 16.7. The molecular formula is C4H10FO5P. The van der Waals surface area contributed by atoms with Crippen LogP contribution in [0.4, 0.5) is 4.39 Å². The fourth-order valence-corrected chi connectivity index (χ4v) is 0.954. The Balaban J connectivity index is 3.88. The normalized spacial score (nSPS) is 17.9. The topological polar surface area (TPSA) is 98.0 Å². The maximum Gasteiger partial charge on any atom is 0.359 e. The van der Waals surface area contributed by atoms with Crippen LogP contribution in [0.5, 0.6) is 0 Å². The van der Waals surface area contributed by atoms with E-state index in [1.807, 2.05) is 0 Å². The molecule has 0 aliphatic rings. The molecular weight excluding hydrogens is 178 g/mol. The van der Waals surface area contributed by atoms with Gasteiger partial charge in [-0.3, -0.25) is 4.57 Å². The van der Waals surface area contributed by atoms with Crippen molar-refractivity contribution < 1.29 is 29.0 Å². The van der Waals surface area contributed by atoms with E-state index in [2.05, 4.69) is 0 Å². The third-order valence-corrected chi connectivity index (χ3v) is 1.98. The van der Waals surface area contributed by atoms with E-state index in [1.54, 1.807) is 0 Å². The molecule has 0 amide bonds. The van der Waals surface area contributed by atoms with Crippen molar-refractivity contribution in [2.45, 2.75) is 18.4 Å². The molecule has 4 N–H and O–H groups in total. The molecule has 0 rings (SSSR count). The first-order valence-electron chi connectivity index (χ1n) is 2.86. The molecule has 0 aliphatic heterocycles. The van der Waals surface area contributed by atoms with Gasteiger partial charge in [0.2, 0.25) is 5.91 Å². The van der Waals surface area contributed by atoms with Crippen LogP contribution < -0.4 is 0 Å². The summed E-state index contributed by atoms with van der Waals surface area (Å²) in [4.78, 5) is 16.3. The quantitative estimate of drug-likeness (QED) is 0.433. The highest BCUT2D eigenvalue weighted by Gasteiger charge is 2.30. The molecule has 2 unspecified atom stereocenters. The maximum atomic E-state index is 12.3. The van der Waals surface area contributed by atoms with E-state index >= 15 is 0 Å². The molecule has 0 saturated carbocycles. The smallest absolute Gasteiger partial charge is 0.359 e. The lowest BCUT2D eigenvalue weighted by Crippen LogP contribution is -2.18. The molecule has 68 valence electrons. The molecule has 5 nitrogen and oxygen atoms in total. The van der Waals surface area contributed by atoms with E-state index in [4.69, 9.17) is 20.0 Å². The monoisotopic (exact) mass is 188 g/mol. The molecule has 2 atom stereocenters. The molecule has 0 aliphatic carbocycles. The van der Waals surface area contributed by atoms with Crippen LogP contribution in [0.1, 0.15) is 6.42 Å². The summed E-state index contributed by atoms with van der Waals surface area (Å²) in [6.45, 7) is -0.708. The average molecular weight is 188 g/mol. The fraction of sp³-hybridized carbons (Fsp3) is 1.00. The van der Waals surface area contributed by atoms with Gasteiger partial charge in [-0.25, -0.2) is 4.39 Å². The zero-order valence-corrected chi connectivity index (χ0v) is 6.49. The summed E-state index contributed by atoms with van der Waals surface area (Å²) in [7, 11) is -4.76. The number of alkyl halides is 1. The summed E-state index contributed by atoms with van der Waals surface area (Å²) >= 11 is 0. The summed E-state index contributed by atoms with van der Waals surface area (Å²) < 4.78 is 22.4. The molecule has 0 bridgehead atoms. The van der Waals surface area contributed by atoms with Gasteiger partial charge in [0, 0.05) is 6.42 Å². The van der Waals surface area contributed by atoms with Crippen LogP contribution in [-0.4, -0.2) is 38.6 Å². The van der Waals surface area contributed by atoms with Gasteiger partial charge in [0.05, 0.1) is 12.7 Å². The number of aliphatic hydroxyl groups is 2. The summed E-state index contributed by atoms with van der Waals surface area (Å²) in [6, 6.07) is 0. The number of aliphatic hydroxyl groups excluding tert-OH is 2. The molecule has 0 fully saturated rings. The van der Waals surface area contributed by atoms with Crippen LogP contribution in [0.25, 0.3) is 0 Å². The minimum absolute atomic E-state index is 0.708. The minimum Gasteiger partial charge on any atom is -0.394 e. The van der Waals surface area contributed by atoms with Gasteiger partial charge in [-0.05, 0) is 0 Å².